The number of aliphatic hydroxyl groups excluding tert-OH is 6. The summed E-state index contributed by atoms with van der Waals surface area (Å²) in [6.07, 6.45) is -10.7. The molecule has 3 aliphatic heterocycles. The molecule has 0 saturated carbocycles. The zero-order valence-electron chi connectivity index (χ0n) is 18.3. The largest absolute Gasteiger partial charge is 0.394 e. The third-order valence-corrected chi connectivity index (χ3v) is 5.72. The number of rotatable bonds is 4. The van der Waals surface area contributed by atoms with Gasteiger partial charge in [0.1, 0.15) is 48.8 Å². The van der Waals surface area contributed by atoms with Crippen molar-refractivity contribution >= 4 is 0 Å². The molecule has 0 bridgehead atoms. The van der Waals surface area contributed by atoms with Crippen LogP contribution in [0.15, 0.2) is 30.3 Å². The lowest BCUT2D eigenvalue weighted by atomic mass is 9.98. The minimum atomic E-state index is -1.36. The van der Waals surface area contributed by atoms with Crippen molar-refractivity contribution in [1.82, 2.24) is 0 Å². The van der Waals surface area contributed by atoms with E-state index in [0.717, 1.165) is 5.56 Å². The van der Waals surface area contributed by atoms with Gasteiger partial charge in [0, 0.05) is 19.8 Å². The van der Waals surface area contributed by atoms with Gasteiger partial charge in [-0.15, -0.1) is 0 Å². The van der Waals surface area contributed by atoms with Gasteiger partial charge >= 0.3 is 0 Å². The van der Waals surface area contributed by atoms with Crippen LogP contribution in [0.25, 0.3) is 0 Å². The Hall–Kier alpha value is -1.26. The first-order valence-corrected chi connectivity index (χ1v) is 10.5. The fourth-order valence-electron chi connectivity index (χ4n) is 3.81. The molecule has 1 aromatic carbocycles. The van der Waals surface area contributed by atoms with Gasteiger partial charge in [-0.05, 0) is 0 Å². The van der Waals surface area contributed by atoms with Crippen LogP contribution in [0.4, 0.5) is 0 Å². The van der Waals surface area contributed by atoms with Crippen molar-refractivity contribution in [1.29, 1.82) is 0 Å². The van der Waals surface area contributed by atoms with Gasteiger partial charge in [0.15, 0.2) is 18.9 Å². The van der Waals surface area contributed by atoms with E-state index in [2.05, 4.69) is 0 Å². The first-order valence-electron chi connectivity index (χ1n) is 10.5. The van der Waals surface area contributed by atoms with Crippen molar-refractivity contribution in [3.8, 4) is 0 Å². The molecule has 12 nitrogen and oxygen atoms in total. The summed E-state index contributed by atoms with van der Waals surface area (Å²) < 4.78 is 31.5. The number of methoxy groups -OCH3 is 2. The van der Waals surface area contributed by atoms with Crippen molar-refractivity contribution in [2.75, 3.05) is 27.4 Å². The van der Waals surface area contributed by atoms with Gasteiger partial charge in [0.2, 0.25) is 0 Å². The minimum absolute atomic E-state index is 0.272. The van der Waals surface area contributed by atoms with Gasteiger partial charge in [-0.3, -0.25) is 0 Å². The molecule has 3 fully saturated rings. The highest BCUT2D eigenvalue weighted by molar-refractivity contribution is 5.16. The average molecular weight is 476 g/mol. The summed E-state index contributed by atoms with van der Waals surface area (Å²) in [7, 11) is 2.71. The Labute approximate surface area is 190 Å². The summed E-state index contributed by atoms with van der Waals surface area (Å²) in [6, 6.07) is 9.45. The molecule has 12 heteroatoms. The molecule has 6 N–H and O–H groups in total. The molecule has 11 atom stereocenters. The van der Waals surface area contributed by atoms with Crippen LogP contribution in [0, 0.1) is 0 Å². The third kappa shape index (κ3) is 5.88. The predicted molar refractivity (Wildman–Crippen MR) is 108 cm³/mol. The van der Waals surface area contributed by atoms with Crippen LogP contribution in [0.2, 0.25) is 0 Å². The van der Waals surface area contributed by atoms with Crippen LogP contribution in [0.5, 0.6) is 0 Å². The van der Waals surface area contributed by atoms with Crippen LogP contribution < -0.4 is 0 Å². The third-order valence-electron chi connectivity index (χ3n) is 5.72. The van der Waals surface area contributed by atoms with Gasteiger partial charge < -0.3 is 59.1 Å². The zero-order valence-corrected chi connectivity index (χ0v) is 18.3. The molecule has 0 aromatic heterocycles. The van der Waals surface area contributed by atoms with Crippen molar-refractivity contribution in [2.24, 2.45) is 0 Å². The molecule has 0 radical (unpaired) electrons. The molecule has 3 saturated heterocycles. The smallest absolute Gasteiger partial charge is 0.186 e. The molecule has 0 aliphatic carbocycles. The molecule has 1 unspecified atom stereocenters. The molecule has 33 heavy (non-hydrogen) atoms. The maximum absolute atomic E-state index is 10.1. The van der Waals surface area contributed by atoms with E-state index in [1.54, 1.807) is 0 Å². The fraction of sp³-hybridized carbons (Fsp3) is 0.714. The number of hydrogen-bond donors (Lipinski definition) is 6. The number of benzene rings is 1. The lowest BCUT2D eigenvalue weighted by molar-refractivity contribution is -0.358. The minimum Gasteiger partial charge on any atom is -0.394 e. The molecule has 1 aromatic rings. The molecule has 0 spiro atoms. The van der Waals surface area contributed by atoms with E-state index in [4.69, 9.17) is 33.5 Å². The highest BCUT2D eigenvalue weighted by atomic mass is 16.8. The Kier molecular flexibility index (Phi) is 9.52. The first kappa shape index (κ1) is 26.3. The van der Waals surface area contributed by atoms with Crippen LogP contribution >= 0.6 is 0 Å². The Balaban J connectivity index is 0.000000205. The summed E-state index contributed by atoms with van der Waals surface area (Å²) in [4.78, 5) is 0. The summed E-state index contributed by atoms with van der Waals surface area (Å²) in [5.74, 6) is 0. The lowest BCUT2D eigenvalue weighted by Gasteiger charge is -2.45. The van der Waals surface area contributed by atoms with E-state index in [1.807, 2.05) is 30.3 Å². The van der Waals surface area contributed by atoms with Crippen LogP contribution in [-0.2, 0) is 28.4 Å². The van der Waals surface area contributed by atoms with E-state index >= 15 is 0 Å². The molecule has 4 rings (SSSR count). The van der Waals surface area contributed by atoms with Crippen molar-refractivity contribution < 1.29 is 59.1 Å². The van der Waals surface area contributed by atoms with Gasteiger partial charge in [-0.1, -0.05) is 30.3 Å². The van der Waals surface area contributed by atoms with E-state index in [-0.39, 0.29) is 6.61 Å². The predicted octanol–water partition coefficient (Wildman–Crippen LogP) is -2.37. The molecule has 0 amide bonds. The van der Waals surface area contributed by atoms with Gasteiger partial charge in [0.25, 0.3) is 0 Å². The monoisotopic (exact) mass is 476 g/mol. The Morgan fingerprint density at radius 3 is 2.00 bits per heavy atom. The number of hydrogen-bond acceptors (Lipinski definition) is 12. The molecule has 3 aliphatic rings. The lowest BCUT2D eigenvalue weighted by Crippen LogP contribution is -2.62. The highest BCUT2D eigenvalue weighted by Crippen LogP contribution is 2.34. The van der Waals surface area contributed by atoms with Crippen LogP contribution in [0.1, 0.15) is 11.9 Å². The highest BCUT2D eigenvalue weighted by Gasteiger charge is 2.49. The second kappa shape index (κ2) is 11.9. The van der Waals surface area contributed by atoms with Crippen molar-refractivity contribution in [3.05, 3.63) is 35.9 Å². The Bertz CT molecular complexity index is 686. The van der Waals surface area contributed by atoms with Gasteiger partial charge in [-0.2, -0.15) is 0 Å². The fourth-order valence-corrected chi connectivity index (χ4v) is 3.81. The van der Waals surface area contributed by atoms with Crippen LogP contribution in [0.3, 0.4) is 0 Å². The Morgan fingerprint density at radius 2 is 1.39 bits per heavy atom. The van der Waals surface area contributed by atoms with Gasteiger partial charge in [-0.25, -0.2) is 0 Å². The molecular formula is C21H32O12. The zero-order chi connectivity index (χ0) is 24.1. The molecule has 188 valence electrons. The second-order valence-electron chi connectivity index (χ2n) is 7.87. The summed E-state index contributed by atoms with van der Waals surface area (Å²) >= 11 is 0. The van der Waals surface area contributed by atoms with Crippen LogP contribution in [-0.4, -0.2) is 119 Å². The molecule has 3 heterocycles. The average Bonchev–Trinajstić information content (AvgIpc) is 2.85. The van der Waals surface area contributed by atoms with E-state index in [9.17, 15) is 25.5 Å². The SMILES string of the molecule is CO[C@H]1O[C@@H]2COC(c3ccccc3)O[C@H]2[C@H](O)[C@H]1O.CO[C@H]1O[C@H](CO)[C@@H](O)[C@H](O)[C@H]1O. The maximum Gasteiger partial charge on any atom is 0.186 e. The summed E-state index contributed by atoms with van der Waals surface area (Å²) in [5, 5.41) is 56.6. The molecular weight excluding hydrogens is 444 g/mol. The summed E-state index contributed by atoms with van der Waals surface area (Å²) in [6.45, 7) is -0.168. The van der Waals surface area contributed by atoms with E-state index in [1.165, 1.54) is 14.2 Å². The van der Waals surface area contributed by atoms with Gasteiger partial charge in [0.05, 0.1) is 13.2 Å². The second-order valence-corrected chi connectivity index (χ2v) is 7.87. The summed E-state index contributed by atoms with van der Waals surface area (Å²) in [5.41, 5.74) is 0.863. The van der Waals surface area contributed by atoms with E-state index < -0.39 is 74.3 Å². The number of fused-ring (bicyclic) bond motifs is 1. The maximum atomic E-state index is 10.1. The first-order chi connectivity index (χ1) is 15.8. The topological polar surface area (TPSA) is 177 Å². The number of aliphatic hydroxyl groups is 6. The van der Waals surface area contributed by atoms with Crippen molar-refractivity contribution in [2.45, 2.75) is 67.7 Å². The van der Waals surface area contributed by atoms with E-state index in [0.29, 0.717) is 0 Å². The normalized spacial score (nSPS) is 43.2. The standard InChI is InChI=1S/C14H18O6.C7H14O6/c1-17-14-11(16)10(15)12-9(19-14)7-18-13(20-12)8-5-3-2-4-6-8;1-12-7-6(11)5(10)4(9)3(2-8)13-7/h2-6,9-16H,7H2,1H3;3-11H,2H2,1H3/t9-,10-,11-,12-,13?,14+;3-,4-,5+,6-,7+/m11/s1. The quantitative estimate of drug-likeness (QED) is 0.273. The Morgan fingerprint density at radius 1 is 0.788 bits per heavy atom. The van der Waals surface area contributed by atoms with Crippen molar-refractivity contribution in [3.63, 3.8) is 0 Å². The number of ether oxygens (including phenoxy) is 6.